The summed E-state index contributed by atoms with van der Waals surface area (Å²) in [6, 6.07) is 1.21. The summed E-state index contributed by atoms with van der Waals surface area (Å²) in [5.41, 5.74) is 9.96. The van der Waals surface area contributed by atoms with Gasteiger partial charge < -0.3 is 15.8 Å². The standard InChI is InChI=1S/C19H25N6O5S2/c1-10-7-14(30-4)11(2)12(3)17(10)32(28,29)22-9-25-16(13(24-25)8-15(20)26)18(27)23-19-21-5-6-31-19/h5-7,13,22,24H,8-9H2,1-4H3,(H2,20,26)(H,21,23,27). The maximum Gasteiger partial charge on any atom is 0.252 e. The van der Waals surface area contributed by atoms with Gasteiger partial charge in [-0.15, -0.1) is 11.3 Å². The molecule has 3 rings (SSSR count). The molecule has 0 saturated carbocycles. The van der Waals surface area contributed by atoms with Crippen molar-refractivity contribution in [1.82, 2.24) is 20.1 Å². The van der Waals surface area contributed by atoms with Crippen LogP contribution in [0.25, 0.3) is 0 Å². The van der Waals surface area contributed by atoms with Gasteiger partial charge in [-0.25, -0.2) is 23.8 Å². The Bertz CT molecular complexity index is 1120. The Morgan fingerprint density at radius 1 is 1.31 bits per heavy atom. The van der Waals surface area contributed by atoms with Crippen LogP contribution in [0.2, 0.25) is 0 Å². The molecule has 173 valence electrons. The first-order valence-corrected chi connectivity index (χ1v) is 12.0. The van der Waals surface area contributed by atoms with Crippen molar-refractivity contribution < 1.29 is 22.7 Å². The fraction of sp³-hybridized carbons (Fsp3) is 0.368. The van der Waals surface area contributed by atoms with Crippen LogP contribution in [0.15, 0.2) is 22.5 Å². The summed E-state index contributed by atoms with van der Waals surface area (Å²) in [7, 11) is -2.39. The quantitative estimate of drug-likeness (QED) is 0.405. The molecule has 32 heavy (non-hydrogen) atoms. The van der Waals surface area contributed by atoms with Crippen LogP contribution >= 0.6 is 11.3 Å². The first-order valence-electron chi connectivity index (χ1n) is 9.59. The van der Waals surface area contributed by atoms with Gasteiger partial charge in [0.1, 0.15) is 5.75 Å². The second kappa shape index (κ2) is 9.50. The second-order valence-corrected chi connectivity index (χ2v) is 9.84. The van der Waals surface area contributed by atoms with Gasteiger partial charge in [0.2, 0.25) is 15.9 Å². The summed E-state index contributed by atoms with van der Waals surface area (Å²) in [4.78, 5) is 28.2. The van der Waals surface area contributed by atoms with Crippen LogP contribution in [0.3, 0.4) is 0 Å². The van der Waals surface area contributed by atoms with Gasteiger partial charge in [-0.1, -0.05) is 0 Å². The molecule has 1 aromatic carbocycles. The fourth-order valence-corrected chi connectivity index (χ4v) is 5.52. The number of benzene rings is 1. The van der Waals surface area contributed by atoms with Crippen molar-refractivity contribution >= 4 is 38.3 Å². The minimum atomic E-state index is -3.91. The SMILES string of the molecule is COc1cc(C)c(S(=O)(=O)NCN2NC(CC(N)=O)[C]2C(=O)Nc2nccs2)c(C)c1C. The number of aromatic nitrogens is 1. The first-order chi connectivity index (χ1) is 15.0. The number of hydrazine groups is 1. The number of ether oxygens (including phenoxy) is 1. The fourth-order valence-electron chi connectivity index (χ4n) is 3.51. The lowest BCUT2D eigenvalue weighted by molar-refractivity contribution is -0.126. The van der Waals surface area contributed by atoms with E-state index < -0.39 is 27.9 Å². The third-order valence-corrected chi connectivity index (χ3v) is 7.47. The summed E-state index contributed by atoms with van der Waals surface area (Å²) in [6.07, 6.45) is 1.43. The molecular formula is C19H25N6O5S2. The Labute approximate surface area is 190 Å². The van der Waals surface area contributed by atoms with Crippen molar-refractivity contribution in [3.05, 3.63) is 40.4 Å². The van der Waals surface area contributed by atoms with E-state index in [9.17, 15) is 18.0 Å². The molecule has 2 aromatic rings. The number of sulfonamides is 1. The van der Waals surface area contributed by atoms with Crippen molar-refractivity contribution in [3.63, 3.8) is 0 Å². The maximum atomic E-state index is 13.1. The summed E-state index contributed by atoms with van der Waals surface area (Å²) < 4.78 is 33.9. The number of carbonyl (C=O) groups is 2. The summed E-state index contributed by atoms with van der Waals surface area (Å²) in [6.45, 7) is 4.95. The molecule has 0 aliphatic carbocycles. The van der Waals surface area contributed by atoms with Gasteiger partial charge in [0, 0.05) is 18.0 Å². The summed E-state index contributed by atoms with van der Waals surface area (Å²) in [5.74, 6) is -0.494. The Hall–Kier alpha value is -2.58. The second-order valence-electron chi connectivity index (χ2n) is 7.24. The minimum absolute atomic E-state index is 0.111. The van der Waals surface area contributed by atoms with Gasteiger partial charge in [0.25, 0.3) is 5.91 Å². The average Bonchev–Trinajstić information content (AvgIpc) is 3.19. The van der Waals surface area contributed by atoms with Crippen LogP contribution in [0.1, 0.15) is 23.1 Å². The van der Waals surface area contributed by atoms with E-state index in [0.717, 1.165) is 5.56 Å². The van der Waals surface area contributed by atoms with Crippen LogP contribution in [-0.2, 0) is 19.6 Å². The van der Waals surface area contributed by atoms with Gasteiger partial charge in [0.15, 0.2) is 11.2 Å². The highest BCUT2D eigenvalue weighted by Gasteiger charge is 2.46. The Balaban J connectivity index is 1.76. The molecule has 2 amide bonds. The highest BCUT2D eigenvalue weighted by molar-refractivity contribution is 7.89. The van der Waals surface area contributed by atoms with Crippen molar-refractivity contribution in [2.75, 3.05) is 19.1 Å². The minimum Gasteiger partial charge on any atom is -0.496 e. The molecule has 1 fully saturated rings. The van der Waals surface area contributed by atoms with E-state index in [1.807, 2.05) is 0 Å². The number of hydrogen-bond acceptors (Lipinski definition) is 9. The maximum absolute atomic E-state index is 13.1. The number of rotatable bonds is 9. The number of nitrogens with one attached hydrogen (secondary N) is 3. The normalized spacial score (nSPS) is 17.1. The monoisotopic (exact) mass is 481 g/mol. The molecule has 5 N–H and O–H groups in total. The number of carbonyl (C=O) groups excluding carboxylic acids is 2. The van der Waals surface area contributed by atoms with Crippen molar-refractivity contribution in [3.8, 4) is 5.75 Å². The van der Waals surface area contributed by atoms with Crippen LogP contribution in [0, 0.1) is 26.8 Å². The van der Waals surface area contributed by atoms with Crippen LogP contribution in [-0.4, -0.2) is 50.0 Å². The zero-order chi connectivity index (χ0) is 23.6. The first kappa shape index (κ1) is 24.1. The van der Waals surface area contributed by atoms with Gasteiger partial charge in [-0.2, -0.15) is 4.72 Å². The molecule has 1 aliphatic heterocycles. The lowest BCUT2D eigenvalue weighted by Crippen LogP contribution is -2.69. The van der Waals surface area contributed by atoms with Crippen molar-refractivity contribution in [2.24, 2.45) is 5.73 Å². The average molecular weight is 482 g/mol. The van der Waals surface area contributed by atoms with Crippen molar-refractivity contribution in [1.29, 1.82) is 0 Å². The molecule has 13 heteroatoms. The Kier molecular flexibility index (Phi) is 7.15. The van der Waals surface area contributed by atoms with Gasteiger partial charge >= 0.3 is 0 Å². The molecule has 1 radical (unpaired) electrons. The van der Waals surface area contributed by atoms with Crippen molar-refractivity contribution in [2.45, 2.75) is 38.1 Å². The van der Waals surface area contributed by atoms with E-state index in [4.69, 9.17) is 10.5 Å². The Morgan fingerprint density at radius 2 is 2.03 bits per heavy atom. The van der Waals surface area contributed by atoms with Crippen LogP contribution in [0.4, 0.5) is 5.13 Å². The predicted molar refractivity (Wildman–Crippen MR) is 119 cm³/mol. The van der Waals surface area contributed by atoms with E-state index >= 15 is 0 Å². The van der Waals surface area contributed by atoms with E-state index in [2.05, 4.69) is 20.4 Å². The highest BCUT2D eigenvalue weighted by atomic mass is 32.2. The number of amides is 2. The number of thiazole rings is 1. The molecule has 0 bridgehead atoms. The number of primary amides is 1. The number of aryl methyl sites for hydroxylation is 1. The highest BCUT2D eigenvalue weighted by Crippen LogP contribution is 2.31. The number of anilines is 1. The predicted octanol–water partition coefficient (Wildman–Crippen LogP) is 0.548. The molecule has 2 heterocycles. The van der Waals surface area contributed by atoms with Gasteiger partial charge in [-0.05, 0) is 43.5 Å². The third-order valence-electron chi connectivity index (χ3n) is 5.10. The molecule has 1 unspecified atom stereocenters. The van der Waals surface area contributed by atoms with Gasteiger partial charge in [0.05, 0.1) is 24.7 Å². The molecule has 0 spiro atoms. The smallest absolute Gasteiger partial charge is 0.252 e. The summed E-state index contributed by atoms with van der Waals surface area (Å²) >= 11 is 1.23. The third kappa shape index (κ3) is 4.91. The topological polar surface area (TPSA) is 156 Å². The summed E-state index contributed by atoms with van der Waals surface area (Å²) in [5, 5.41) is 6.04. The zero-order valence-corrected chi connectivity index (χ0v) is 19.7. The molecular weight excluding hydrogens is 456 g/mol. The molecule has 1 aromatic heterocycles. The van der Waals surface area contributed by atoms with E-state index in [0.29, 0.717) is 22.0 Å². The van der Waals surface area contributed by atoms with Crippen LogP contribution < -0.4 is 25.9 Å². The van der Waals surface area contributed by atoms with E-state index in [1.165, 1.54) is 29.7 Å². The lowest BCUT2D eigenvalue weighted by atomic mass is 9.99. The Morgan fingerprint density at radius 3 is 2.62 bits per heavy atom. The number of nitrogens with zero attached hydrogens (tertiary/aromatic N) is 2. The lowest BCUT2D eigenvalue weighted by Gasteiger charge is -2.46. The van der Waals surface area contributed by atoms with E-state index in [-0.39, 0.29) is 24.0 Å². The molecule has 11 nitrogen and oxygen atoms in total. The largest absolute Gasteiger partial charge is 0.496 e. The zero-order valence-electron chi connectivity index (χ0n) is 18.1. The number of methoxy groups -OCH3 is 1. The van der Waals surface area contributed by atoms with Gasteiger partial charge in [-0.3, -0.25) is 9.59 Å². The molecule has 1 saturated heterocycles. The van der Waals surface area contributed by atoms with Crippen LogP contribution in [0.5, 0.6) is 5.75 Å². The van der Waals surface area contributed by atoms with E-state index in [1.54, 1.807) is 32.2 Å². The number of nitrogens with two attached hydrogens (primary N) is 1. The number of hydrogen-bond donors (Lipinski definition) is 4. The molecule has 1 aliphatic rings. The molecule has 1 atom stereocenters.